The van der Waals surface area contributed by atoms with E-state index >= 15 is 0 Å². The molecule has 3 aromatic rings. The molecular formula is C28H28N2O7. The molecule has 3 aromatic carbocycles. The number of amides is 3. The number of hydrogen-bond acceptors (Lipinski definition) is 6. The second kappa shape index (κ2) is 13.4. The third-order valence-electron chi connectivity index (χ3n) is 5.47. The average molecular weight is 505 g/mol. The molecule has 37 heavy (non-hydrogen) atoms. The van der Waals surface area contributed by atoms with E-state index in [1.165, 1.54) is 6.92 Å². The van der Waals surface area contributed by atoms with Crippen molar-refractivity contribution in [3.63, 3.8) is 0 Å². The van der Waals surface area contributed by atoms with Crippen molar-refractivity contribution in [2.45, 2.75) is 38.6 Å². The molecule has 0 fully saturated rings. The molecule has 2 atom stereocenters. The minimum Gasteiger partial charge on any atom is -0.480 e. The lowest BCUT2D eigenvalue weighted by Gasteiger charge is -2.28. The van der Waals surface area contributed by atoms with Gasteiger partial charge in [-0.15, -0.1) is 0 Å². The van der Waals surface area contributed by atoms with Crippen LogP contribution in [-0.2, 0) is 38.7 Å². The van der Waals surface area contributed by atoms with Crippen molar-refractivity contribution in [2.75, 3.05) is 0 Å². The monoisotopic (exact) mass is 504 g/mol. The molecular weight excluding hydrogens is 476 g/mol. The van der Waals surface area contributed by atoms with E-state index < -0.39 is 36.1 Å². The summed E-state index contributed by atoms with van der Waals surface area (Å²) in [5.41, 5.74) is 2.09. The van der Waals surface area contributed by atoms with Crippen LogP contribution in [0.1, 0.15) is 23.6 Å². The fourth-order valence-electron chi connectivity index (χ4n) is 3.46. The van der Waals surface area contributed by atoms with Gasteiger partial charge in [0.2, 0.25) is 0 Å². The number of benzene rings is 3. The van der Waals surface area contributed by atoms with Crippen LogP contribution in [-0.4, -0.2) is 46.2 Å². The minimum absolute atomic E-state index is 0.00505. The number of ether oxygens (including phenoxy) is 2. The number of aliphatic carboxylic acids is 1. The summed E-state index contributed by atoms with van der Waals surface area (Å²) >= 11 is 0. The van der Waals surface area contributed by atoms with Gasteiger partial charge in [-0.3, -0.25) is 4.79 Å². The van der Waals surface area contributed by atoms with Crippen LogP contribution in [0.3, 0.4) is 0 Å². The van der Waals surface area contributed by atoms with Gasteiger partial charge in [-0.2, -0.15) is 0 Å². The first-order valence-corrected chi connectivity index (χ1v) is 11.6. The van der Waals surface area contributed by atoms with Gasteiger partial charge in [-0.25, -0.2) is 19.3 Å². The Kier molecular flexibility index (Phi) is 9.78. The fraction of sp³-hybridized carbons (Fsp3) is 0.214. The van der Waals surface area contributed by atoms with E-state index in [9.17, 15) is 24.3 Å². The summed E-state index contributed by atoms with van der Waals surface area (Å²) in [6.45, 7) is 0.996. The van der Waals surface area contributed by atoms with Crippen molar-refractivity contribution in [3.05, 3.63) is 108 Å². The number of imide groups is 1. The number of hydrogen-bond donors (Lipinski definition) is 2. The van der Waals surface area contributed by atoms with Crippen LogP contribution in [0, 0.1) is 0 Å². The van der Waals surface area contributed by atoms with Crippen molar-refractivity contribution >= 4 is 24.1 Å². The zero-order valence-corrected chi connectivity index (χ0v) is 20.3. The first kappa shape index (κ1) is 26.9. The Morgan fingerprint density at radius 2 is 1.22 bits per heavy atom. The standard InChI is InChI=1S/C28H28N2O7/c1-20(26(32)33)30(28(35)37-19-23-15-9-4-10-16-23)25(31)24(17-21-11-5-2-6-12-21)29-27(34)36-18-22-13-7-3-8-14-22/h2-16,20,24H,17-19H2,1H3,(H,29,34)(H,32,33)/t20-,24-/m0/s1. The first-order valence-electron chi connectivity index (χ1n) is 11.6. The van der Waals surface area contributed by atoms with Crippen molar-refractivity contribution < 1.29 is 33.8 Å². The average Bonchev–Trinajstić information content (AvgIpc) is 2.92. The summed E-state index contributed by atoms with van der Waals surface area (Å²) in [5, 5.41) is 12.1. The molecule has 9 nitrogen and oxygen atoms in total. The summed E-state index contributed by atoms with van der Waals surface area (Å²) in [4.78, 5) is 51.4. The highest BCUT2D eigenvalue weighted by atomic mass is 16.6. The van der Waals surface area contributed by atoms with E-state index in [-0.39, 0.29) is 19.6 Å². The number of nitrogens with zero attached hydrogens (tertiary/aromatic N) is 1. The zero-order chi connectivity index (χ0) is 26.6. The molecule has 0 aliphatic rings. The maximum absolute atomic E-state index is 13.5. The second-order valence-electron chi connectivity index (χ2n) is 8.21. The molecule has 3 amide bonds. The Labute approximate surface area is 214 Å². The Hall–Kier alpha value is -4.66. The number of nitrogens with one attached hydrogen (secondary N) is 1. The van der Waals surface area contributed by atoms with Gasteiger partial charge in [0.15, 0.2) is 0 Å². The van der Waals surface area contributed by atoms with Gasteiger partial charge in [0.1, 0.15) is 25.3 Å². The molecule has 0 unspecified atom stereocenters. The number of carbonyl (C=O) groups is 4. The van der Waals surface area contributed by atoms with Crippen LogP contribution >= 0.6 is 0 Å². The molecule has 0 saturated heterocycles. The number of rotatable bonds is 10. The first-order chi connectivity index (χ1) is 17.8. The fourth-order valence-corrected chi connectivity index (χ4v) is 3.46. The second-order valence-corrected chi connectivity index (χ2v) is 8.21. The van der Waals surface area contributed by atoms with Crippen LogP contribution < -0.4 is 5.32 Å². The SMILES string of the molecule is C[C@@H](C(=O)O)N(C(=O)OCc1ccccc1)C(=O)[C@H](Cc1ccccc1)NC(=O)OCc1ccccc1. The van der Waals surface area contributed by atoms with Crippen LogP contribution in [0.4, 0.5) is 9.59 Å². The highest BCUT2D eigenvalue weighted by Crippen LogP contribution is 2.13. The van der Waals surface area contributed by atoms with Crippen molar-refractivity contribution in [3.8, 4) is 0 Å². The van der Waals surface area contributed by atoms with Gasteiger partial charge in [0.05, 0.1) is 0 Å². The van der Waals surface area contributed by atoms with Gasteiger partial charge in [0, 0.05) is 6.42 Å². The molecule has 0 saturated carbocycles. The van der Waals surface area contributed by atoms with Gasteiger partial charge < -0.3 is 19.9 Å². The Bertz CT molecular complexity index is 1190. The largest absolute Gasteiger partial charge is 0.480 e. The predicted molar refractivity (Wildman–Crippen MR) is 134 cm³/mol. The molecule has 3 rings (SSSR count). The van der Waals surface area contributed by atoms with E-state index in [0.717, 1.165) is 5.56 Å². The Morgan fingerprint density at radius 3 is 1.70 bits per heavy atom. The Balaban J connectivity index is 1.79. The highest BCUT2D eigenvalue weighted by Gasteiger charge is 2.38. The lowest BCUT2D eigenvalue weighted by Crippen LogP contribution is -2.56. The van der Waals surface area contributed by atoms with E-state index in [1.54, 1.807) is 84.9 Å². The number of carboxylic acids is 1. The lowest BCUT2D eigenvalue weighted by molar-refractivity contribution is -0.148. The van der Waals surface area contributed by atoms with Gasteiger partial charge in [-0.1, -0.05) is 91.0 Å². The molecule has 0 bridgehead atoms. The molecule has 0 aliphatic carbocycles. The van der Waals surface area contributed by atoms with Crippen molar-refractivity contribution in [1.82, 2.24) is 10.2 Å². The summed E-state index contributed by atoms with van der Waals surface area (Å²) in [6.07, 6.45) is -2.03. The summed E-state index contributed by atoms with van der Waals surface area (Å²) in [6, 6.07) is 23.7. The smallest absolute Gasteiger partial charge is 0.417 e. The molecule has 9 heteroatoms. The van der Waals surface area contributed by atoms with Gasteiger partial charge >= 0.3 is 18.2 Å². The molecule has 0 radical (unpaired) electrons. The van der Waals surface area contributed by atoms with E-state index in [0.29, 0.717) is 16.0 Å². The van der Waals surface area contributed by atoms with Crippen molar-refractivity contribution in [1.29, 1.82) is 0 Å². The number of alkyl carbamates (subject to hydrolysis) is 1. The lowest BCUT2D eigenvalue weighted by atomic mass is 10.0. The van der Waals surface area contributed by atoms with Gasteiger partial charge in [-0.05, 0) is 23.6 Å². The molecule has 192 valence electrons. The maximum Gasteiger partial charge on any atom is 0.417 e. The minimum atomic E-state index is -1.55. The predicted octanol–water partition coefficient (Wildman–Crippen LogP) is 4.16. The number of carbonyl (C=O) groups excluding carboxylic acids is 3. The Morgan fingerprint density at radius 1 is 0.757 bits per heavy atom. The summed E-state index contributed by atoms with van der Waals surface area (Å²) < 4.78 is 10.5. The molecule has 2 N–H and O–H groups in total. The van der Waals surface area contributed by atoms with E-state index in [2.05, 4.69) is 5.32 Å². The summed E-state index contributed by atoms with van der Waals surface area (Å²) in [5.74, 6) is -2.34. The molecule has 0 heterocycles. The number of carboxylic acid groups (broad SMARTS) is 1. The van der Waals surface area contributed by atoms with Crippen LogP contribution in [0.5, 0.6) is 0 Å². The molecule has 0 aromatic heterocycles. The van der Waals surface area contributed by atoms with Crippen LogP contribution in [0.15, 0.2) is 91.0 Å². The quantitative estimate of drug-likeness (QED) is 0.425. The summed E-state index contributed by atoms with van der Waals surface area (Å²) in [7, 11) is 0. The molecule has 0 aliphatic heterocycles. The molecule has 0 spiro atoms. The van der Waals surface area contributed by atoms with Crippen LogP contribution in [0.25, 0.3) is 0 Å². The van der Waals surface area contributed by atoms with Gasteiger partial charge in [0.25, 0.3) is 5.91 Å². The van der Waals surface area contributed by atoms with Crippen molar-refractivity contribution in [2.24, 2.45) is 0 Å². The maximum atomic E-state index is 13.5. The highest BCUT2D eigenvalue weighted by molar-refractivity contribution is 6.00. The third-order valence-corrected chi connectivity index (χ3v) is 5.47. The third kappa shape index (κ3) is 8.21. The zero-order valence-electron chi connectivity index (χ0n) is 20.3. The van der Waals surface area contributed by atoms with Crippen LogP contribution in [0.2, 0.25) is 0 Å². The van der Waals surface area contributed by atoms with E-state index in [1.807, 2.05) is 6.07 Å². The van der Waals surface area contributed by atoms with E-state index in [4.69, 9.17) is 9.47 Å². The topological polar surface area (TPSA) is 122 Å². The normalized spacial score (nSPS) is 12.0.